The van der Waals surface area contributed by atoms with Gasteiger partial charge in [-0.25, -0.2) is 14.8 Å². The summed E-state index contributed by atoms with van der Waals surface area (Å²) in [4.78, 5) is 23.5. The first-order valence-corrected chi connectivity index (χ1v) is 6.52. The van der Waals surface area contributed by atoms with Crippen molar-refractivity contribution in [3.05, 3.63) is 16.8 Å². The van der Waals surface area contributed by atoms with E-state index in [-0.39, 0.29) is 17.1 Å². The second-order valence-corrected chi connectivity index (χ2v) is 5.70. The lowest BCUT2D eigenvalue weighted by Crippen LogP contribution is -2.33. The van der Waals surface area contributed by atoms with E-state index in [1.54, 1.807) is 25.3 Å². The fraction of sp³-hybridized carbons (Fsp3) is 0.455. The van der Waals surface area contributed by atoms with Crippen LogP contribution in [0.2, 0.25) is 10.4 Å². The zero-order chi connectivity index (χ0) is 14.9. The molecule has 0 saturated heterocycles. The predicted octanol–water partition coefficient (Wildman–Crippen LogP) is 2.62. The van der Waals surface area contributed by atoms with E-state index >= 15 is 0 Å². The van der Waals surface area contributed by atoms with Gasteiger partial charge in [0, 0.05) is 0 Å². The van der Waals surface area contributed by atoms with Crippen LogP contribution in [0.5, 0.6) is 0 Å². The number of imidazole rings is 1. The van der Waals surface area contributed by atoms with Crippen molar-refractivity contribution in [2.45, 2.75) is 33.0 Å². The van der Waals surface area contributed by atoms with Crippen molar-refractivity contribution < 1.29 is 9.53 Å². The Kier molecular flexibility index (Phi) is 4.01. The largest absolute Gasteiger partial charge is 0.444 e. The lowest BCUT2D eigenvalue weighted by Gasteiger charge is -2.19. The number of amides is 1. The van der Waals surface area contributed by atoms with E-state index in [2.05, 4.69) is 20.3 Å². The van der Waals surface area contributed by atoms with Gasteiger partial charge in [0.25, 0.3) is 0 Å². The van der Waals surface area contributed by atoms with Crippen LogP contribution in [0.25, 0.3) is 11.2 Å². The molecule has 1 amide bonds. The number of carbonyl (C=O) groups is 1. The average Bonchev–Trinajstić information content (AvgIpc) is 2.67. The van der Waals surface area contributed by atoms with Gasteiger partial charge in [0.05, 0.1) is 6.33 Å². The predicted molar refractivity (Wildman–Crippen MR) is 74.7 cm³/mol. The number of ether oxygens (including phenoxy) is 1. The minimum absolute atomic E-state index is 0.0153. The van der Waals surface area contributed by atoms with Gasteiger partial charge in [-0.1, -0.05) is 11.6 Å². The van der Waals surface area contributed by atoms with Crippen LogP contribution in [0, 0.1) is 0 Å². The summed E-state index contributed by atoms with van der Waals surface area (Å²) >= 11 is 11.6. The van der Waals surface area contributed by atoms with E-state index in [1.165, 1.54) is 6.33 Å². The zero-order valence-corrected chi connectivity index (χ0v) is 12.7. The number of alkyl carbamates (subject to hydrolysis) is 1. The van der Waals surface area contributed by atoms with Gasteiger partial charge in [0.15, 0.2) is 10.8 Å². The second-order valence-electron chi connectivity index (χ2n) is 5.01. The SMILES string of the molecule is CC(C)(C)OC(=O)NCn1cnc2c(Cl)nc(Cl)nc21. The summed E-state index contributed by atoms with van der Waals surface area (Å²) < 4.78 is 6.71. The van der Waals surface area contributed by atoms with Gasteiger partial charge in [-0.3, -0.25) is 4.57 Å². The molecule has 2 aromatic rings. The molecular weight excluding hydrogens is 305 g/mol. The highest BCUT2D eigenvalue weighted by atomic mass is 35.5. The number of rotatable bonds is 2. The molecule has 0 aliphatic rings. The monoisotopic (exact) mass is 317 g/mol. The van der Waals surface area contributed by atoms with Gasteiger partial charge in [0.2, 0.25) is 5.28 Å². The molecule has 0 spiro atoms. The molecule has 2 rings (SSSR count). The molecule has 0 bridgehead atoms. The van der Waals surface area contributed by atoms with Gasteiger partial charge >= 0.3 is 6.09 Å². The molecule has 0 saturated carbocycles. The summed E-state index contributed by atoms with van der Waals surface area (Å²) in [7, 11) is 0. The van der Waals surface area contributed by atoms with Crippen LogP contribution in [0.3, 0.4) is 0 Å². The number of hydrogen-bond acceptors (Lipinski definition) is 5. The maximum Gasteiger partial charge on any atom is 0.409 e. The fourth-order valence-electron chi connectivity index (χ4n) is 1.46. The number of aromatic nitrogens is 4. The minimum atomic E-state index is -0.560. The van der Waals surface area contributed by atoms with Crippen molar-refractivity contribution in [2.75, 3.05) is 0 Å². The van der Waals surface area contributed by atoms with E-state index in [9.17, 15) is 4.79 Å². The lowest BCUT2D eigenvalue weighted by atomic mass is 10.2. The van der Waals surface area contributed by atoms with Crippen LogP contribution >= 0.6 is 23.2 Å². The molecule has 0 fully saturated rings. The molecule has 20 heavy (non-hydrogen) atoms. The Labute approximate surface area is 125 Å². The normalized spacial score (nSPS) is 11.7. The quantitative estimate of drug-likeness (QED) is 0.680. The van der Waals surface area contributed by atoms with Crippen LogP contribution in [0.1, 0.15) is 20.8 Å². The van der Waals surface area contributed by atoms with Crippen LogP contribution < -0.4 is 5.32 Å². The van der Waals surface area contributed by atoms with Gasteiger partial charge in [-0.05, 0) is 32.4 Å². The molecule has 2 aromatic heterocycles. The number of hydrogen-bond donors (Lipinski definition) is 1. The highest BCUT2D eigenvalue weighted by Gasteiger charge is 2.16. The first-order valence-electron chi connectivity index (χ1n) is 5.77. The van der Waals surface area contributed by atoms with Crippen LogP contribution in [-0.4, -0.2) is 31.2 Å². The molecule has 2 heterocycles. The standard InChI is InChI=1S/C11H13Cl2N5O2/c1-11(2,3)20-10(19)15-5-18-4-14-6-7(12)16-9(13)17-8(6)18/h4H,5H2,1-3H3,(H,15,19). The maximum absolute atomic E-state index is 11.6. The van der Waals surface area contributed by atoms with Crippen LogP contribution in [-0.2, 0) is 11.4 Å². The highest BCUT2D eigenvalue weighted by molar-refractivity contribution is 6.35. The van der Waals surface area contributed by atoms with E-state index < -0.39 is 11.7 Å². The third-order valence-corrected chi connectivity index (χ3v) is 2.62. The van der Waals surface area contributed by atoms with Crippen molar-refractivity contribution in [1.82, 2.24) is 24.8 Å². The van der Waals surface area contributed by atoms with E-state index in [0.29, 0.717) is 11.2 Å². The van der Waals surface area contributed by atoms with Crippen LogP contribution in [0.15, 0.2) is 6.33 Å². The Bertz CT molecular complexity index is 650. The van der Waals surface area contributed by atoms with Crippen molar-refractivity contribution in [3.63, 3.8) is 0 Å². The topological polar surface area (TPSA) is 81.9 Å². The van der Waals surface area contributed by atoms with Crippen molar-refractivity contribution in [3.8, 4) is 0 Å². The fourth-order valence-corrected chi connectivity index (χ4v) is 1.89. The van der Waals surface area contributed by atoms with Gasteiger partial charge in [-0.15, -0.1) is 0 Å². The summed E-state index contributed by atoms with van der Waals surface area (Å²) in [6.45, 7) is 5.49. The van der Waals surface area contributed by atoms with E-state index in [1.807, 2.05) is 0 Å². The average molecular weight is 318 g/mol. The number of nitrogens with one attached hydrogen (secondary N) is 1. The molecule has 7 nitrogen and oxygen atoms in total. The van der Waals surface area contributed by atoms with Gasteiger partial charge < -0.3 is 10.1 Å². The zero-order valence-electron chi connectivity index (χ0n) is 11.1. The Balaban J connectivity index is 2.13. The molecule has 1 N–H and O–H groups in total. The smallest absolute Gasteiger partial charge is 0.409 e. The molecular formula is C11H13Cl2N5O2. The molecule has 0 atom stereocenters. The first-order chi connectivity index (χ1) is 9.26. The van der Waals surface area contributed by atoms with Crippen molar-refractivity contribution in [2.24, 2.45) is 0 Å². The summed E-state index contributed by atoms with van der Waals surface area (Å²) in [5.74, 6) is 0. The van der Waals surface area contributed by atoms with Crippen molar-refractivity contribution >= 4 is 40.5 Å². The Morgan fingerprint density at radius 2 is 2.10 bits per heavy atom. The molecule has 0 unspecified atom stereocenters. The molecule has 9 heteroatoms. The summed E-state index contributed by atoms with van der Waals surface area (Å²) in [5.41, 5.74) is 0.295. The Hall–Kier alpha value is -1.60. The van der Waals surface area contributed by atoms with Crippen LogP contribution in [0.4, 0.5) is 4.79 Å². The molecule has 0 aliphatic heterocycles. The Morgan fingerprint density at radius 1 is 1.40 bits per heavy atom. The highest BCUT2D eigenvalue weighted by Crippen LogP contribution is 2.20. The van der Waals surface area contributed by atoms with Gasteiger partial charge in [-0.2, -0.15) is 4.98 Å². The summed E-state index contributed by atoms with van der Waals surface area (Å²) in [6.07, 6.45) is 0.949. The number of fused-ring (bicyclic) bond motifs is 1. The summed E-state index contributed by atoms with van der Waals surface area (Å²) in [5, 5.41) is 2.77. The lowest BCUT2D eigenvalue weighted by molar-refractivity contribution is 0.0512. The number of carbonyl (C=O) groups excluding carboxylic acids is 1. The van der Waals surface area contributed by atoms with E-state index in [4.69, 9.17) is 27.9 Å². The van der Waals surface area contributed by atoms with Gasteiger partial charge in [0.1, 0.15) is 17.8 Å². The number of nitrogens with zero attached hydrogens (tertiary/aromatic N) is 4. The van der Waals surface area contributed by atoms with Crippen molar-refractivity contribution in [1.29, 1.82) is 0 Å². The molecule has 0 aliphatic carbocycles. The maximum atomic E-state index is 11.6. The first kappa shape index (κ1) is 14.8. The molecule has 0 aromatic carbocycles. The molecule has 108 valence electrons. The summed E-state index contributed by atoms with van der Waals surface area (Å²) in [6, 6.07) is 0. The third kappa shape index (κ3) is 3.49. The third-order valence-electron chi connectivity index (χ3n) is 2.19. The minimum Gasteiger partial charge on any atom is -0.444 e. The second kappa shape index (κ2) is 5.41. The number of halogens is 2. The van der Waals surface area contributed by atoms with E-state index in [0.717, 1.165) is 0 Å². The Morgan fingerprint density at radius 3 is 2.75 bits per heavy atom. The molecule has 0 radical (unpaired) electrons.